The van der Waals surface area contributed by atoms with Gasteiger partial charge in [0.25, 0.3) is 5.91 Å². The summed E-state index contributed by atoms with van der Waals surface area (Å²) in [4.78, 5) is 21.5. The van der Waals surface area contributed by atoms with Gasteiger partial charge in [-0.25, -0.2) is 10.2 Å². The number of carbonyl (C=O) groups excluding carboxylic acids is 2. The quantitative estimate of drug-likeness (QED) is 0.656. The molecule has 1 rings (SSSR count). The summed E-state index contributed by atoms with van der Waals surface area (Å²) in [6.45, 7) is 0. The number of nitrogens with two attached hydrogens (primary N) is 1. The summed E-state index contributed by atoms with van der Waals surface area (Å²) in [5.74, 6) is -0.410. The minimum Gasteiger partial charge on any atom is -0.350 e. The number of thiophene rings is 1. The molecule has 13 heavy (non-hydrogen) atoms. The molecule has 0 aliphatic carbocycles. The number of hydrogen-bond donors (Lipinski definition) is 3. The summed E-state index contributed by atoms with van der Waals surface area (Å²) in [6, 6.07) is 0.826. The van der Waals surface area contributed by atoms with E-state index in [1.807, 2.05) is 5.43 Å². The van der Waals surface area contributed by atoms with Crippen molar-refractivity contribution in [2.75, 3.05) is 0 Å². The third-order valence-electron chi connectivity index (χ3n) is 1.16. The molecule has 0 saturated carbocycles. The topological polar surface area (TPSA) is 84.2 Å². The standard InChI is InChI=1S/C6H6BrN3O2S/c7-4-3(1-2-13-4)5(11)9-10-6(8)12/h1-2H,(H,9,11)(H3,8,10,12). The molecule has 0 radical (unpaired) electrons. The van der Waals surface area contributed by atoms with Gasteiger partial charge in [-0.15, -0.1) is 11.3 Å². The number of nitrogens with one attached hydrogen (secondary N) is 2. The molecule has 0 spiro atoms. The second kappa shape index (κ2) is 4.24. The molecule has 4 N–H and O–H groups in total. The van der Waals surface area contributed by atoms with E-state index < -0.39 is 11.9 Å². The molecule has 0 aliphatic rings. The van der Waals surface area contributed by atoms with Gasteiger partial charge in [0.15, 0.2) is 0 Å². The maximum absolute atomic E-state index is 11.2. The van der Waals surface area contributed by atoms with Crippen LogP contribution < -0.4 is 16.6 Å². The Bertz CT molecular complexity index is 338. The van der Waals surface area contributed by atoms with Crippen LogP contribution in [0.1, 0.15) is 10.4 Å². The third-order valence-corrected chi connectivity index (χ3v) is 2.85. The predicted octanol–water partition coefficient (Wildman–Crippen LogP) is 0.824. The molecule has 5 nitrogen and oxygen atoms in total. The van der Waals surface area contributed by atoms with E-state index in [-0.39, 0.29) is 0 Å². The first-order chi connectivity index (χ1) is 6.11. The van der Waals surface area contributed by atoms with Gasteiger partial charge in [-0.05, 0) is 27.4 Å². The lowest BCUT2D eigenvalue weighted by Crippen LogP contribution is -2.44. The first-order valence-electron chi connectivity index (χ1n) is 3.20. The van der Waals surface area contributed by atoms with Crippen molar-refractivity contribution in [1.82, 2.24) is 10.9 Å². The zero-order chi connectivity index (χ0) is 9.84. The highest BCUT2D eigenvalue weighted by atomic mass is 79.9. The number of urea groups is 1. The highest BCUT2D eigenvalue weighted by molar-refractivity contribution is 9.11. The second-order valence-corrected chi connectivity index (χ2v) is 4.29. The highest BCUT2D eigenvalue weighted by Crippen LogP contribution is 2.22. The van der Waals surface area contributed by atoms with Crippen molar-refractivity contribution in [2.45, 2.75) is 0 Å². The fourth-order valence-corrected chi connectivity index (χ4v) is 1.89. The molecule has 7 heteroatoms. The predicted molar refractivity (Wildman–Crippen MR) is 52.2 cm³/mol. The molecule has 0 saturated heterocycles. The molecule has 0 aliphatic heterocycles. The fourth-order valence-electron chi connectivity index (χ4n) is 0.641. The van der Waals surface area contributed by atoms with Crippen LogP contribution in [0.3, 0.4) is 0 Å². The Morgan fingerprint density at radius 3 is 2.62 bits per heavy atom. The summed E-state index contributed by atoms with van der Waals surface area (Å²) in [5.41, 5.74) is 9.34. The SMILES string of the molecule is NC(=O)NNC(=O)c1ccsc1Br. The normalized spacial score (nSPS) is 9.31. The summed E-state index contributed by atoms with van der Waals surface area (Å²) >= 11 is 4.57. The third kappa shape index (κ3) is 2.71. The van der Waals surface area contributed by atoms with E-state index in [0.717, 1.165) is 0 Å². The first kappa shape index (κ1) is 10.0. The van der Waals surface area contributed by atoms with Crippen LogP contribution in [0.4, 0.5) is 4.79 Å². The fraction of sp³-hybridized carbons (Fsp3) is 0. The number of hydrogen-bond acceptors (Lipinski definition) is 3. The van der Waals surface area contributed by atoms with E-state index >= 15 is 0 Å². The van der Waals surface area contributed by atoms with Gasteiger partial charge in [0, 0.05) is 0 Å². The Balaban J connectivity index is 2.59. The first-order valence-corrected chi connectivity index (χ1v) is 4.87. The number of primary amides is 1. The molecular formula is C6H6BrN3O2S. The molecule has 0 fully saturated rings. The molecule has 0 atom stereocenters. The van der Waals surface area contributed by atoms with Crippen LogP contribution in [0.15, 0.2) is 15.2 Å². The Labute approximate surface area is 86.4 Å². The average Bonchev–Trinajstić information content (AvgIpc) is 2.47. The minimum absolute atomic E-state index is 0.410. The molecule has 0 unspecified atom stereocenters. The van der Waals surface area contributed by atoms with Gasteiger partial charge < -0.3 is 5.73 Å². The molecule has 0 aromatic carbocycles. The van der Waals surface area contributed by atoms with Crippen molar-refractivity contribution in [3.8, 4) is 0 Å². The zero-order valence-corrected chi connectivity index (χ0v) is 8.74. The number of carbonyl (C=O) groups is 2. The van der Waals surface area contributed by atoms with Gasteiger partial charge in [0.1, 0.15) is 0 Å². The lowest BCUT2D eigenvalue weighted by molar-refractivity contribution is 0.0937. The van der Waals surface area contributed by atoms with Crippen LogP contribution in [0, 0.1) is 0 Å². The molecule has 1 heterocycles. The molecule has 1 aromatic heterocycles. The summed E-state index contributed by atoms with van der Waals surface area (Å²) in [5, 5.41) is 1.75. The van der Waals surface area contributed by atoms with Crippen molar-refractivity contribution >= 4 is 39.2 Å². The van der Waals surface area contributed by atoms with E-state index in [1.54, 1.807) is 11.4 Å². The lowest BCUT2D eigenvalue weighted by Gasteiger charge is -2.02. The number of rotatable bonds is 1. The minimum atomic E-state index is -0.806. The van der Waals surface area contributed by atoms with Crippen LogP contribution >= 0.6 is 27.3 Å². The number of hydrazine groups is 1. The molecular weight excluding hydrogens is 258 g/mol. The van der Waals surface area contributed by atoms with E-state index in [1.165, 1.54) is 11.3 Å². The van der Waals surface area contributed by atoms with E-state index in [9.17, 15) is 9.59 Å². The monoisotopic (exact) mass is 263 g/mol. The maximum Gasteiger partial charge on any atom is 0.330 e. The van der Waals surface area contributed by atoms with E-state index in [2.05, 4.69) is 21.4 Å². The lowest BCUT2D eigenvalue weighted by atomic mass is 10.3. The van der Waals surface area contributed by atoms with Gasteiger partial charge in [-0.2, -0.15) is 0 Å². The van der Waals surface area contributed by atoms with E-state index in [4.69, 9.17) is 5.73 Å². The van der Waals surface area contributed by atoms with Gasteiger partial charge in [-0.3, -0.25) is 10.2 Å². The van der Waals surface area contributed by atoms with Crippen LogP contribution in [-0.2, 0) is 0 Å². The van der Waals surface area contributed by atoms with Crippen molar-refractivity contribution in [3.05, 3.63) is 20.8 Å². The second-order valence-electron chi connectivity index (χ2n) is 2.05. The Morgan fingerprint density at radius 2 is 2.15 bits per heavy atom. The maximum atomic E-state index is 11.2. The summed E-state index contributed by atoms with van der Waals surface area (Å²) < 4.78 is 0.705. The Hall–Kier alpha value is -1.08. The van der Waals surface area contributed by atoms with Crippen LogP contribution in [0.2, 0.25) is 0 Å². The van der Waals surface area contributed by atoms with Gasteiger partial charge >= 0.3 is 6.03 Å². The van der Waals surface area contributed by atoms with Crippen molar-refractivity contribution in [1.29, 1.82) is 0 Å². The molecule has 1 aromatic rings. The van der Waals surface area contributed by atoms with Gasteiger partial charge in [0.2, 0.25) is 0 Å². The van der Waals surface area contributed by atoms with Gasteiger partial charge in [0.05, 0.1) is 9.35 Å². The van der Waals surface area contributed by atoms with Crippen LogP contribution in [0.5, 0.6) is 0 Å². The highest BCUT2D eigenvalue weighted by Gasteiger charge is 2.10. The molecule has 0 bridgehead atoms. The smallest absolute Gasteiger partial charge is 0.330 e. The number of halogens is 1. The van der Waals surface area contributed by atoms with E-state index in [0.29, 0.717) is 9.35 Å². The van der Waals surface area contributed by atoms with Gasteiger partial charge in [-0.1, -0.05) is 0 Å². The largest absolute Gasteiger partial charge is 0.350 e. The summed E-state index contributed by atoms with van der Waals surface area (Å²) in [6.07, 6.45) is 0. The zero-order valence-electron chi connectivity index (χ0n) is 6.33. The van der Waals surface area contributed by atoms with Crippen molar-refractivity contribution < 1.29 is 9.59 Å². The van der Waals surface area contributed by atoms with Crippen molar-refractivity contribution in [3.63, 3.8) is 0 Å². The summed E-state index contributed by atoms with van der Waals surface area (Å²) in [7, 11) is 0. The molecule has 70 valence electrons. The van der Waals surface area contributed by atoms with Crippen molar-refractivity contribution in [2.24, 2.45) is 5.73 Å². The molecule has 3 amide bonds. The van der Waals surface area contributed by atoms with Crippen LogP contribution in [-0.4, -0.2) is 11.9 Å². The van der Waals surface area contributed by atoms with Crippen LogP contribution in [0.25, 0.3) is 0 Å². The number of amides is 3. The average molecular weight is 264 g/mol. The Morgan fingerprint density at radius 1 is 1.46 bits per heavy atom. The Kier molecular flexibility index (Phi) is 3.26.